The normalized spacial score (nSPS) is 10.5. The van der Waals surface area contributed by atoms with Crippen molar-refractivity contribution in [2.45, 2.75) is 6.54 Å². The summed E-state index contributed by atoms with van der Waals surface area (Å²) in [6.07, 6.45) is 3.41. The number of nitrogens with one attached hydrogen (secondary N) is 1. The summed E-state index contributed by atoms with van der Waals surface area (Å²) in [5.41, 5.74) is 2.23. The number of aromatic nitrogens is 3. The lowest BCUT2D eigenvalue weighted by Crippen LogP contribution is -2.04. The third-order valence-electron chi connectivity index (χ3n) is 2.19. The highest BCUT2D eigenvalue weighted by Gasteiger charge is 2.13. The maximum atomic E-state index is 10.9. The van der Waals surface area contributed by atoms with E-state index in [1.807, 2.05) is 0 Å². The Morgan fingerprint density at radius 2 is 2.50 bits per heavy atom. The van der Waals surface area contributed by atoms with Crippen molar-refractivity contribution in [3.8, 4) is 0 Å². The van der Waals surface area contributed by atoms with E-state index in [2.05, 4.69) is 15.4 Å². The number of methoxy groups -OCH3 is 1. The number of hydrogen-bond acceptors (Lipinski definition) is 6. The van der Waals surface area contributed by atoms with Crippen LogP contribution in [0, 0.1) is 0 Å². The van der Waals surface area contributed by atoms with E-state index in [1.165, 1.54) is 16.8 Å². The number of ether oxygens (including phenoxy) is 1. The highest BCUT2D eigenvalue weighted by molar-refractivity contribution is 7.14. The van der Waals surface area contributed by atoms with E-state index in [4.69, 9.17) is 9.84 Å². The second-order valence-corrected chi connectivity index (χ2v) is 4.30. The Hall–Kier alpha value is -1.93. The van der Waals surface area contributed by atoms with Crippen LogP contribution >= 0.6 is 11.3 Å². The van der Waals surface area contributed by atoms with Crippen molar-refractivity contribution < 1.29 is 14.6 Å². The van der Waals surface area contributed by atoms with Gasteiger partial charge in [-0.1, -0.05) is 0 Å². The minimum absolute atomic E-state index is 0.0182. The fourth-order valence-corrected chi connectivity index (χ4v) is 2.05. The van der Waals surface area contributed by atoms with Gasteiger partial charge in [0.05, 0.1) is 30.5 Å². The van der Waals surface area contributed by atoms with E-state index < -0.39 is 5.97 Å². The Morgan fingerprint density at radius 3 is 3.22 bits per heavy atom. The molecule has 8 heteroatoms. The van der Waals surface area contributed by atoms with E-state index in [0.29, 0.717) is 18.2 Å². The van der Waals surface area contributed by atoms with Crippen molar-refractivity contribution in [2.24, 2.45) is 0 Å². The lowest BCUT2D eigenvalue weighted by atomic mass is 10.4. The molecule has 0 fully saturated rings. The summed E-state index contributed by atoms with van der Waals surface area (Å²) in [7, 11) is 1.62. The fourth-order valence-electron chi connectivity index (χ4n) is 1.35. The Balaban J connectivity index is 2.06. The zero-order chi connectivity index (χ0) is 13.0. The van der Waals surface area contributed by atoms with Crippen molar-refractivity contribution in [3.63, 3.8) is 0 Å². The number of thiazole rings is 1. The van der Waals surface area contributed by atoms with Gasteiger partial charge in [-0.05, 0) is 0 Å². The third kappa shape index (κ3) is 2.84. The van der Waals surface area contributed by atoms with E-state index in [0.717, 1.165) is 5.69 Å². The van der Waals surface area contributed by atoms with Gasteiger partial charge in [-0.25, -0.2) is 9.78 Å². The molecular weight excluding hydrogens is 256 g/mol. The van der Waals surface area contributed by atoms with Gasteiger partial charge in [0, 0.05) is 13.3 Å². The molecule has 96 valence electrons. The monoisotopic (exact) mass is 268 g/mol. The Kier molecular flexibility index (Phi) is 3.90. The molecule has 0 unspecified atom stereocenters. The van der Waals surface area contributed by atoms with Gasteiger partial charge >= 0.3 is 5.97 Å². The number of hydrogen-bond donors (Lipinski definition) is 2. The molecule has 7 nitrogen and oxygen atoms in total. The summed E-state index contributed by atoms with van der Waals surface area (Å²) in [5, 5.41) is 16.5. The van der Waals surface area contributed by atoms with Gasteiger partial charge in [0.25, 0.3) is 0 Å². The van der Waals surface area contributed by atoms with Gasteiger partial charge in [-0.3, -0.25) is 4.68 Å². The minimum atomic E-state index is -1.05. The maximum absolute atomic E-state index is 10.9. The largest absolute Gasteiger partial charge is 0.476 e. The van der Waals surface area contributed by atoms with Crippen LogP contribution in [0.2, 0.25) is 0 Å². The van der Waals surface area contributed by atoms with Crippen LogP contribution in [0.1, 0.15) is 10.5 Å². The fraction of sp³-hybridized carbons (Fsp3) is 0.300. The van der Waals surface area contributed by atoms with Gasteiger partial charge < -0.3 is 15.2 Å². The van der Waals surface area contributed by atoms with E-state index in [1.54, 1.807) is 24.2 Å². The Labute approximate surface area is 107 Å². The molecule has 0 saturated carbocycles. The summed E-state index contributed by atoms with van der Waals surface area (Å²) >= 11 is 1.24. The predicted molar refractivity (Wildman–Crippen MR) is 66.5 cm³/mol. The molecular formula is C10H12N4O3S. The van der Waals surface area contributed by atoms with Gasteiger partial charge in [0.1, 0.15) is 5.00 Å². The molecule has 0 radical (unpaired) electrons. The van der Waals surface area contributed by atoms with Crippen molar-refractivity contribution in [3.05, 3.63) is 23.6 Å². The van der Waals surface area contributed by atoms with Crippen LogP contribution in [0.4, 0.5) is 10.7 Å². The lowest BCUT2D eigenvalue weighted by Gasteiger charge is -2.00. The first-order valence-corrected chi connectivity index (χ1v) is 6.04. The van der Waals surface area contributed by atoms with Crippen LogP contribution in [-0.4, -0.2) is 39.6 Å². The van der Waals surface area contributed by atoms with Gasteiger partial charge in [-0.15, -0.1) is 11.3 Å². The molecule has 0 amide bonds. The SMILES string of the molecule is COCCn1cc(Nc2scnc2C(=O)O)cn1. The van der Waals surface area contributed by atoms with Crippen molar-refractivity contribution in [2.75, 3.05) is 19.0 Å². The molecule has 0 aliphatic heterocycles. The molecule has 2 N–H and O–H groups in total. The first kappa shape index (κ1) is 12.5. The third-order valence-corrected chi connectivity index (χ3v) is 2.93. The zero-order valence-electron chi connectivity index (χ0n) is 9.66. The molecule has 0 aromatic carbocycles. The second-order valence-electron chi connectivity index (χ2n) is 3.45. The number of anilines is 2. The molecule has 0 atom stereocenters. The van der Waals surface area contributed by atoms with Crippen LogP contribution in [-0.2, 0) is 11.3 Å². The van der Waals surface area contributed by atoms with Gasteiger partial charge in [-0.2, -0.15) is 5.10 Å². The number of carboxylic acid groups (broad SMARTS) is 1. The molecule has 18 heavy (non-hydrogen) atoms. The quantitative estimate of drug-likeness (QED) is 0.823. The first-order chi connectivity index (χ1) is 8.70. The smallest absolute Gasteiger partial charge is 0.357 e. The molecule has 0 aliphatic rings. The summed E-state index contributed by atoms with van der Waals surface area (Å²) in [5.74, 6) is -1.05. The molecule has 0 spiro atoms. The Morgan fingerprint density at radius 1 is 1.67 bits per heavy atom. The topological polar surface area (TPSA) is 89.3 Å². The predicted octanol–water partition coefficient (Wildman–Crippen LogP) is 1.43. The standard InChI is InChI=1S/C10H12N4O3S/c1-17-3-2-14-5-7(4-12-14)13-9-8(10(15)16)11-6-18-9/h4-6,13H,2-3H2,1H3,(H,15,16). The van der Waals surface area contributed by atoms with Crippen LogP contribution in [0.3, 0.4) is 0 Å². The molecule has 2 heterocycles. The van der Waals surface area contributed by atoms with E-state index >= 15 is 0 Å². The molecule has 2 aromatic rings. The summed E-state index contributed by atoms with van der Waals surface area (Å²) in [4.78, 5) is 14.7. The molecule has 0 aliphatic carbocycles. The first-order valence-electron chi connectivity index (χ1n) is 5.16. The Bertz CT molecular complexity index is 537. The van der Waals surface area contributed by atoms with Crippen molar-refractivity contribution >= 4 is 28.0 Å². The summed E-state index contributed by atoms with van der Waals surface area (Å²) in [6, 6.07) is 0. The van der Waals surface area contributed by atoms with Crippen LogP contribution in [0.5, 0.6) is 0 Å². The van der Waals surface area contributed by atoms with Gasteiger partial charge in [0.15, 0.2) is 5.69 Å². The lowest BCUT2D eigenvalue weighted by molar-refractivity contribution is 0.0692. The highest BCUT2D eigenvalue weighted by Crippen LogP contribution is 2.24. The average molecular weight is 268 g/mol. The van der Waals surface area contributed by atoms with Crippen LogP contribution in [0.15, 0.2) is 17.9 Å². The molecule has 0 saturated heterocycles. The number of carbonyl (C=O) groups is 1. The second kappa shape index (κ2) is 5.61. The number of rotatable bonds is 6. The minimum Gasteiger partial charge on any atom is -0.476 e. The average Bonchev–Trinajstić information content (AvgIpc) is 2.96. The molecule has 2 rings (SSSR count). The van der Waals surface area contributed by atoms with Crippen molar-refractivity contribution in [1.29, 1.82) is 0 Å². The number of aromatic carboxylic acids is 1. The number of nitrogens with zero attached hydrogens (tertiary/aromatic N) is 3. The maximum Gasteiger partial charge on any atom is 0.357 e. The van der Waals surface area contributed by atoms with E-state index in [-0.39, 0.29) is 5.69 Å². The number of carboxylic acids is 1. The van der Waals surface area contributed by atoms with Crippen LogP contribution < -0.4 is 5.32 Å². The molecule has 2 aromatic heterocycles. The zero-order valence-corrected chi connectivity index (χ0v) is 10.5. The van der Waals surface area contributed by atoms with Gasteiger partial charge in [0.2, 0.25) is 0 Å². The summed E-state index contributed by atoms with van der Waals surface area (Å²) < 4.78 is 6.66. The van der Waals surface area contributed by atoms with Crippen LogP contribution in [0.25, 0.3) is 0 Å². The highest BCUT2D eigenvalue weighted by atomic mass is 32.1. The van der Waals surface area contributed by atoms with Crippen molar-refractivity contribution in [1.82, 2.24) is 14.8 Å². The van der Waals surface area contributed by atoms with E-state index in [9.17, 15) is 4.79 Å². The summed E-state index contributed by atoms with van der Waals surface area (Å²) in [6.45, 7) is 1.22. The molecule has 0 bridgehead atoms.